The standard InChI is InChI=1S/C12H12N2/c1-2-9-8-10(12-5-7-14-12)3-4-11(9)13-6-1/h1-4,6,8,12,14H,5,7H2/t12-/m0/s1. The summed E-state index contributed by atoms with van der Waals surface area (Å²) in [6.07, 6.45) is 3.09. The van der Waals surface area contributed by atoms with E-state index in [9.17, 15) is 0 Å². The number of fused-ring (bicyclic) bond motifs is 1. The molecule has 1 fully saturated rings. The van der Waals surface area contributed by atoms with Gasteiger partial charge in [-0.25, -0.2) is 0 Å². The molecule has 2 aromatic rings. The van der Waals surface area contributed by atoms with Gasteiger partial charge in [-0.1, -0.05) is 12.1 Å². The van der Waals surface area contributed by atoms with Crippen LogP contribution in [0.5, 0.6) is 0 Å². The summed E-state index contributed by atoms with van der Waals surface area (Å²) in [6.45, 7) is 1.15. The predicted octanol–water partition coefficient (Wildman–Crippen LogP) is 2.27. The number of hydrogen-bond donors (Lipinski definition) is 1. The molecule has 1 aromatic heterocycles. The van der Waals surface area contributed by atoms with Crippen molar-refractivity contribution in [2.75, 3.05) is 6.54 Å². The van der Waals surface area contributed by atoms with Gasteiger partial charge < -0.3 is 5.32 Å². The first-order valence-electron chi connectivity index (χ1n) is 5.01. The van der Waals surface area contributed by atoms with Gasteiger partial charge in [0.1, 0.15) is 0 Å². The van der Waals surface area contributed by atoms with E-state index >= 15 is 0 Å². The van der Waals surface area contributed by atoms with Gasteiger partial charge >= 0.3 is 0 Å². The second-order valence-corrected chi connectivity index (χ2v) is 3.75. The molecule has 0 unspecified atom stereocenters. The van der Waals surface area contributed by atoms with Gasteiger partial charge in [0.2, 0.25) is 0 Å². The van der Waals surface area contributed by atoms with Gasteiger partial charge in [-0.3, -0.25) is 4.98 Å². The Bertz CT molecular complexity index is 461. The van der Waals surface area contributed by atoms with Crippen molar-refractivity contribution in [3.05, 3.63) is 42.1 Å². The number of nitrogens with one attached hydrogen (secondary N) is 1. The van der Waals surface area contributed by atoms with Crippen molar-refractivity contribution in [2.45, 2.75) is 12.5 Å². The Kier molecular flexibility index (Phi) is 1.74. The molecule has 0 bridgehead atoms. The van der Waals surface area contributed by atoms with Gasteiger partial charge in [-0.15, -0.1) is 0 Å². The highest BCUT2D eigenvalue weighted by Gasteiger charge is 2.18. The lowest BCUT2D eigenvalue weighted by atomic mass is 9.97. The van der Waals surface area contributed by atoms with Crippen molar-refractivity contribution in [3.8, 4) is 0 Å². The number of pyridine rings is 1. The normalized spacial score (nSPS) is 20.7. The lowest BCUT2D eigenvalue weighted by Crippen LogP contribution is -2.34. The Morgan fingerprint density at radius 1 is 1.29 bits per heavy atom. The first kappa shape index (κ1) is 7.94. The van der Waals surface area contributed by atoms with E-state index in [4.69, 9.17) is 0 Å². The SMILES string of the molecule is c1cnc2ccc([C@@H]3CCN3)cc2c1. The third kappa shape index (κ3) is 1.19. The third-order valence-electron chi connectivity index (χ3n) is 2.85. The maximum atomic E-state index is 4.31. The molecule has 0 spiro atoms. The summed E-state index contributed by atoms with van der Waals surface area (Å²) in [6, 6.07) is 11.2. The summed E-state index contributed by atoms with van der Waals surface area (Å²) >= 11 is 0. The minimum absolute atomic E-state index is 0.569. The number of benzene rings is 1. The monoisotopic (exact) mass is 184 g/mol. The number of aromatic nitrogens is 1. The van der Waals surface area contributed by atoms with E-state index in [-0.39, 0.29) is 0 Å². The van der Waals surface area contributed by atoms with Crippen LogP contribution >= 0.6 is 0 Å². The Labute approximate surface area is 83.0 Å². The van der Waals surface area contributed by atoms with Crippen molar-refractivity contribution in [3.63, 3.8) is 0 Å². The molecule has 0 saturated carbocycles. The molecule has 1 saturated heterocycles. The second kappa shape index (κ2) is 3.07. The maximum Gasteiger partial charge on any atom is 0.0702 e. The third-order valence-corrected chi connectivity index (χ3v) is 2.85. The molecule has 3 rings (SSSR count). The molecule has 2 heteroatoms. The Morgan fingerprint density at radius 2 is 2.21 bits per heavy atom. The van der Waals surface area contributed by atoms with Crippen molar-refractivity contribution in [1.29, 1.82) is 0 Å². The minimum Gasteiger partial charge on any atom is -0.310 e. The maximum absolute atomic E-state index is 4.31. The molecule has 2 nitrogen and oxygen atoms in total. The van der Waals surface area contributed by atoms with E-state index in [1.807, 2.05) is 12.3 Å². The average Bonchev–Trinajstić information content (AvgIpc) is 2.15. The van der Waals surface area contributed by atoms with Crippen molar-refractivity contribution in [2.24, 2.45) is 0 Å². The molecule has 1 N–H and O–H groups in total. The number of nitrogens with zero attached hydrogens (tertiary/aromatic N) is 1. The van der Waals surface area contributed by atoms with E-state index in [1.165, 1.54) is 17.4 Å². The zero-order valence-electron chi connectivity index (χ0n) is 7.90. The summed E-state index contributed by atoms with van der Waals surface area (Å²) in [4.78, 5) is 4.31. The van der Waals surface area contributed by atoms with E-state index in [0.717, 1.165) is 12.1 Å². The predicted molar refractivity (Wildman–Crippen MR) is 57.1 cm³/mol. The van der Waals surface area contributed by atoms with Crippen LogP contribution in [0.3, 0.4) is 0 Å². The lowest BCUT2D eigenvalue weighted by molar-refractivity contribution is 0.383. The van der Waals surface area contributed by atoms with Gasteiger partial charge in [-0.2, -0.15) is 0 Å². The molecule has 1 aliphatic rings. The van der Waals surface area contributed by atoms with Gasteiger partial charge in [0.05, 0.1) is 5.52 Å². The molecular formula is C12H12N2. The highest BCUT2D eigenvalue weighted by Crippen LogP contribution is 2.25. The number of hydrogen-bond acceptors (Lipinski definition) is 2. The van der Waals surface area contributed by atoms with Crippen LogP contribution < -0.4 is 5.32 Å². The van der Waals surface area contributed by atoms with Gasteiger partial charge in [-0.05, 0) is 36.7 Å². The first-order valence-corrected chi connectivity index (χ1v) is 5.01. The number of rotatable bonds is 1. The molecule has 1 aromatic carbocycles. The van der Waals surface area contributed by atoms with E-state index in [0.29, 0.717) is 6.04 Å². The van der Waals surface area contributed by atoms with Crippen LogP contribution in [0.1, 0.15) is 18.0 Å². The van der Waals surface area contributed by atoms with Crippen LogP contribution in [0, 0.1) is 0 Å². The summed E-state index contributed by atoms with van der Waals surface area (Å²) in [5, 5.41) is 4.64. The fourth-order valence-electron chi connectivity index (χ4n) is 1.88. The quantitative estimate of drug-likeness (QED) is 0.735. The van der Waals surface area contributed by atoms with Gasteiger partial charge in [0.15, 0.2) is 0 Å². The fourth-order valence-corrected chi connectivity index (χ4v) is 1.88. The summed E-state index contributed by atoms with van der Waals surface area (Å²) < 4.78 is 0. The van der Waals surface area contributed by atoms with Crippen LogP contribution in [0.25, 0.3) is 10.9 Å². The fraction of sp³-hybridized carbons (Fsp3) is 0.250. The largest absolute Gasteiger partial charge is 0.310 e. The van der Waals surface area contributed by atoms with Crippen LogP contribution in [-0.4, -0.2) is 11.5 Å². The van der Waals surface area contributed by atoms with Crippen LogP contribution in [0.2, 0.25) is 0 Å². The molecule has 0 radical (unpaired) electrons. The van der Waals surface area contributed by atoms with E-state index in [2.05, 4.69) is 34.6 Å². The van der Waals surface area contributed by atoms with E-state index < -0.39 is 0 Å². The smallest absolute Gasteiger partial charge is 0.0702 e. The highest BCUT2D eigenvalue weighted by molar-refractivity contribution is 5.79. The Balaban J connectivity index is 2.10. The first-order chi connectivity index (χ1) is 6.93. The van der Waals surface area contributed by atoms with Crippen molar-refractivity contribution in [1.82, 2.24) is 10.3 Å². The highest BCUT2D eigenvalue weighted by atomic mass is 15.0. The minimum atomic E-state index is 0.569. The zero-order valence-corrected chi connectivity index (χ0v) is 7.90. The molecule has 70 valence electrons. The van der Waals surface area contributed by atoms with Crippen LogP contribution in [0.4, 0.5) is 0 Å². The van der Waals surface area contributed by atoms with E-state index in [1.54, 1.807) is 0 Å². The lowest BCUT2D eigenvalue weighted by Gasteiger charge is -2.28. The summed E-state index contributed by atoms with van der Waals surface area (Å²) in [5.41, 5.74) is 2.47. The molecule has 0 aliphatic carbocycles. The summed E-state index contributed by atoms with van der Waals surface area (Å²) in [5.74, 6) is 0. The molecule has 2 heterocycles. The average molecular weight is 184 g/mol. The molecule has 1 atom stereocenters. The topological polar surface area (TPSA) is 24.9 Å². The van der Waals surface area contributed by atoms with Crippen LogP contribution in [-0.2, 0) is 0 Å². The Hall–Kier alpha value is -1.41. The Morgan fingerprint density at radius 3 is 3.00 bits per heavy atom. The zero-order chi connectivity index (χ0) is 9.38. The molecule has 1 aliphatic heterocycles. The second-order valence-electron chi connectivity index (χ2n) is 3.75. The van der Waals surface area contributed by atoms with Gasteiger partial charge in [0.25, 0.3) is 0 Å². The summed E-state index contributed by atoms with van der Waals surface area (Å²) in [7, 11) is 0. The molecular weight excluding hydrogens is 172 g/mol. The van der Waals surface area contributed by atoms with Crippen LogP contribution in [0.15, 0.2) is 36.5 Å². The van der Waals surface area contributed by atoms with Crippen molar-refractivity contribution < 1.29 is 0 Å². The van der Waals surface area contributed by atoms with Gasteiger partial charge in [0, 0.05) is 17.6 Å². The molecule has 0 amide bonds. The van der Waals surface area contributed by atoms with Crippen molar-refractivity contribution >= 4 is 10.9 Å². The molecule has 14 heavy (non-hydrogen) atoms.